The molecule has 1 saturated heterocycles. The van der Waals surface area contributed by atoms with Crippen molar-refractivity contribution >= 4 is 29.4 Å². The lowest BCUT2D eigenvalue weighted by atomic mass is 9.79. The van der Waals surface area contributed by atoms with E-state index in [-0.39, 0.29) is 29.5 Å². The predicted molar refractivity (Wildman–Crippen MR) is 131 cm³/mol. The Morgan fingerprint density at radius 3 is 2.30 bits per heavy atom. The Labute approximate surface area is 213 Å². The summed E-state index contributed by atoms with van der Waals surface area (Å²) >= 11 is 0. The number of ether oxygens (including phenoxy) is 1. The Morgan fingerprint density at radius 1 is 1.11 bits per heavy atom. The number of pyridine rings is 1. The molecule has 2 aromatic rings. The minimum Gasteiger partial charge on any atom is -0.444 e. The average molecular weight is 521 g/mol. The Kier molecular flexibility index (Phi) is 7.85. The number of amides is 3. The van der Waals surface area contributed by atoms with Gasteiger partial charge in [0.2, 0.25) is 0 Å². The molecule has 37 heavy (non-hydrogen) atoms. The Hall–Kier alpha value is -3.63. The molecule has 2 heterocycles. The number of benzene rings is 1. The van der Waals surface area contributed by atoms with Crippen molar-refractivity contribution in [2.45, 2.75) is 65.5 Å². The summed E-state index contributed by atoms with van der Waals surface area (Å²) in [6.07, 6.45) is 1.54. The third-order valence-electron chi connectivity index (χ3n) is 6.21. The van der Waals surface area contributed by atoms with Gasteiger partial charge in [-0.1, -0.05) is 6.92 Å². The highest BCUT2D eigenvalue weighted by Crippen LogP contribution is 2.40. The van der Waals surface area contributed by atoms with Crippen molar-refractivity contribution in [3.8, 4) is 0 Å². The van der Waals surface area contributed by atoms with Crippen LogP contribution in [0.3, 0.4) is 0 Å². The molecular formula is C26H31F3N4O4. The highest BCUT2D eigenvalue weighted by molar-refractivity contribution is 6.39. The van der Waals surface area contributed by atoms with Crippen LogP contribution in [0.15, 0.2) is 24.4 Å². The van der Waals surface area contributed by atoms with E-state index in [1.165, 1.54) is 17.2 Å². The van der Waals surface area contributed by atoms with Gasteiger partial charge in [0.25, 0.3) is 0 Å². The molecule has 1 aliphatic heterocycles. The number of halogens is 3. The molecule has 2 N–H and O–H groups in total. The SMILES string of the molecule is Cc1cc(NC(=O)C(=O)N2C[C@@H](C)CC[C@@]2(C)c2cc(F)c(F)c(F)c2)cnc1NC(=O)OC(C)(C)C. The van der Waals surface area contributed by atoms with Gasteiger partial charge in [-0.25, -0.2) is 22.9 Å². The number of aromatic nitrogens is 1. The highest BCUT2D eigenvalue weighted by Gasteiger charge is 2.43. The molecule has 3 amide bonds. The lowest BCUT2D eigenvalue weighted by molar-refractivity contribution is -0.150. The molecule has 0 bridgehead atoms. The number of carbonyl (C=O) groups excluding carboxylic acids is 3. The summed E-state index contributed by atoms with van der Waals surface area (Å²) in [5.41, 5.74) is -1.16. The number of rotatable bonds is 3. The normalized spacial score (nSPS) is 19.8. The van der Waals surface area contributed by atoms with Gasteiger partial charge in [0, 0.05) is 6.54 Å². The van der Waals surface area contributed by atoms with Crippen LogP contribution < -0.4 is 10.6 Å². The molecule has 1 aromatic carbocycles. The van der Waals surface area contributed by atoms with E-state index < -0.39 is 46.5 Å². The van der Waals surface area contributed by atoms with Gasteiger partial charge in [-0.05, 0) is 82.7 Å². The van der Waals surface area contributed by atoms with Crippen molar-refractivity contribution in [2.24, 2.45) is 5.92 Å². The van der Waals surface area contributed by atoms with E-state index in [9.17, 15) is 27.6 Å². The zero-order valence-corrected chi connectivity index (χ0v) is 21.7. The van der Waals surface area contributed by atoms with Crippen molar-refractivity contribution in [1.29, 1.82) is 0 Å². The second-order valence-electron chi connectivity index (χ2n) is 10.6. The minimum atomic E-state index is -1.60. The number of carbonyl (C=O) groups is 3. The number of hydrogen-bond donors (Lipinski definition) is 2. The van der Waals surface area contributed by atoms with Crippen LogP contribution >= 0.6 is 0 Å². The van der Waals surface area contributed by atoms with Gasteiger partial charge in [-0.3, -0.25) is 14.9 Å². The summed E-state index contributed by atoms with van der Waals surface area (Å²) in [5, 5.41) is 5.01. The summed E-state index contributed by atoms with van der Waals surface area (Å²) < 4.78 is 46.8. The van der Waals surface area contributed by atoms with Gasteiger partial charge in [0.1, 0.15) is 11.4 Å². The molecule has 8 nitrogen and oxygen atoms in total. The van der Waals surface area contributed by atoms with Crippen LogP contribution in [0.25, 0.3) is 0 Å². The van der Waals surface area contributed by atoms with E-state index >= 15 is 0 Å². The lowest BCUT2D eigenvalue weighted by Crippen LogP contribution is -2.55. The predicted octanol–water partition coefficient (Wildman–Crippen LogP) is 5.27. The maximum Gasteiger partial charge on any atom is 0.413 e. The number of nitrogens with zero attached hydrogens (tertiary/aromatic N) is 2. The van der Waals surface area contributed by atoms with E-state index in [4.69, 9.17) is 4.74 Å². The van der Waals surface area contributed by atoms with Crippen LogP contribution in [-0.2, 0) is 19.9 Å². The molecule has 0 unspecified atom stereocenters. The van der Waals surface area contributed by atoms with E-state index in [1.54, 1.807) is 34.6 Å². The van der Waals surface area contributed by atoms with Crippen LogP contribution in [0.2, 0.25) is 0 Å². The standard InChI is InChI=1S/C26H31F3N4O4/c1-14-7-8-26(6,16-10-18(27)20(29)19(28)11-16)33(13-14)23(35)22(34)31-17-9-15(2)21(30-12-17)32-24(36)37-25(3,4)5/h9-12,14H,7-8,13H2,1-6H3,(H,31,34)(H,30,32,36)/t14-,26-/m0/s1. The molecule has 2 atom stereocenters. The molecule has 1 fully saturated rings. The molecule has 11 heteroatoms. The second-order valence-corrected chi connectivity index (χ2v) is 10.6. The molecule has 1 aliphatic rings. The largest absolute Gasteiger partial charge is 0.444 e. The number of nitrogens with one attached hydrogen (secondary N) is 2. The van der Waals surface area contributed by atoms with E-state index in [1.807, 2.05) is 6.92 Å². The fraction of sp³-hybridized carbons (Fsp3) is 0.462. The number of piperidine rings is 1. The van der Waals surface area contributed by atoms with Crippen LogP contribution in [-0.4, -0.2) is 39.9 Å². The zero-order valence-electron chi connectivity index (χ0n) is 21.7. The van der Waals surface area contributed by atoms with Gasteiger partial charge in [0.05, 0.1) is 17.4 Å². The summed E-state index contributed by atoms with van der Waals surface area (Å²) in [4.78, 5) is 43.6. The summed E-state index contributed by atoms with van der Waals surface area (Å²) in [5.74, 6) is -5.97. The van der Waals surface area contributed by atoms with E-state index in [0.29, 0.717) is 18.4 Å². The smallest absolute Gasteiger partial charge is 0.413 e. The Morgan fingerprint density at radius 2 is 1.73 bits per heavy atom. The third kappa shape index (κ3) is 6.39. The van der Waals surface area contributed by atoms with E-state index in [2.05, 4.69) is 15.6 Å². The molecule has 0 radical (unpaired) electrons. The molecular weight excluding hydrogens is 489 g/mol. The molecule has 200 valence electrons. The van der Waals surface area contributed by atoms with Gasteiger partial charge in [0.15, 0.2) is 17.5 Å². The molecule has 1 aromatic heterocycles. The first-order chi connectivity index (χ1) is 17.1. The topological polar surface area (TPSA) is 101 Å². The average Bonchev–Trinajstić information content (AvgIpc) is 2.78. The number of hydrogen-bond acceptors (Lipinski definition) is 5. The lowest BCUT2D eigenvalue weighted by Gasteiger charge is -2.47. The van der Waals surface area contributed by atoms with Gasteiger partial charge < -0.3 is 15.0 Å². The second kappa shape index (κ2) is 10.4. The van der Waals surface area contributed by atoms with Gasteiger partial charge >= 0.3 is 17.9 Å². The van der Waals surface area contributed by atoms with Crippen molar-refractivity contribution in [2.75, 3.05) is 17.2 Å². The van der Waals surface area contributed by atoms with Crippen LogP contribution in [0.4, 0.5) is 29.5 Å². The fourth-order valence-electron chi connectivity index (χ4n) is 4.22. The Bertz CT molecular complexity index is 1210. The van der Waals surface area contributed by atoms with Crippen LogP contribution in [0, 0.1) is 30.3 Å². The minimum absolute atomic E-state index is 0.0297. The number of aryl methyl sites for hydroxylation is 1. The first-order valence-electron chi connectivity index (χ1n) is 11.9. The van der Waals surface area contributed by atoms with E-state index in [0.717, 1.165) is 12.1 Å². The number of likely N-dealkylation sites (tertiary alicyclic amines) is 1. The van der Waals surface area contributed by atoms with Crippen molar-refractivity contribution < 1.29 is 32.3 Å². The van der Waals surface area contributed by atoms with Crippen molar-refractivity contribution in [3.05, 3.63) is 53.0 Å². The summed E-state index contributed by atoms with van der Waals surface area (Å²) in [6, 6.07) is 3.24. The maximum absolute atomic E-state index is 14.0. The molecule has 3 rings (SSSR count). The first-order valence-corrected chi connectivity index (χ1v) is 11.9. The summed E-state index contributed by atoms with van der Waals surface area (Å²) in [6.45, 7) is 10.5. The highest BCUT2D eigenvalue weighted by atomic mass is 19.2. The van der Waals surface area contributed by atoms with Gasteiger partial charge in [-0.15, -0.1) is 0 Å². The summed E-state index contributed by atoms with van der Waals surface area (Å²) in [7, 11) is 0. The van der Waals surface area contributed by atoms with Crippen LogP contribution in [0.1, 0.15) is 58.6 Å². The van der Waals surface area contributed by atoms with Crippen molar-refractivity contribution in [3.63, 3.8) is 0 Å². The molecule has 0 spiro atoms. The first kappa shape index (κ1) is 27.9. The van der Waals surface area contributed by atoms with Crippen molar-refractivity contribution in [1.82, 2.24) is 9.88 Å². The molecule has 0 aliphatic carbocycles. The Balaban J connectivity index is 1.80. The third-order valence-corrected chi connectivity index (χ3v) is 6.21. The quantitative estimate of drug-likeness (QED) is 0.424. The maximum atomic E-state index is 14.0. The fourth-order valence-corrected chi connectivity index (χ4v) is 4.22. The van der Waals surface area contributed by atoms with Crippen LogP contribution in [0.5, 0.6) is 0 Å². The molecule has 0 saturated carbocycles. The zero-order chi connectivity index (χ0) is 27.7. The number of anilines is 2. The van der Waals surface area contributed by atoms with Gasteiger partial charge in [-0.2, -0.15) is 0 Å². The monoisotopic (exact) mass is 520 g/mol.